The van der Waals surface area contributed by atoms with E-state index in [2.05, 4.69) is 45.3 Å². The molecule has 0 spiro atoms. The molecule has 1 fully saturated rings. The number of nitrogen functional groups attached to an aromatic ring is 1. The van der Waals surface area contributed by atoms with Gasteiger partial charge in [-0.05, 0) is 35.8 Å². The van der Waals surface area contributed by atoms with Crippen LogP contribution in [0.15, 0.2) is 41.9 Å². The molecule has 3 aromatic heterocycles. The summed E-state index contributed by atoms with van der Waals surface area (Å²) in [4.78, 5) is 61.0. The Balaban J connectivity index is 1.31. The number of phosphoric ester groups is 1. The van der Waals surface area contributed by atoms with Crippen molar-refractivity contribution < 1.29 is 55.9 Å². The largest absolute Gasteiger partial charge is 0.490 e. The molecule has 23 heteroatoms. The summed E-state index contributed by atoms with van der Waals surface area (Å²) in [7, 11) is -13.4. The lowest BCUT2D eigenvalue weighted by molar-refractivity contribution is -0.120. The molecule has 18 nitrogen and oxygen atoms in total. The quantitative estimate of drug-likeness (QED) is 0.0604. The first-order valence-corrected chi connectivity index (χ1v) is 19.6. The summed E-state index contributed by atoms with van der Waals surface area (Å²) in [5.41, 5.74) is 6.97. The van der Waals surface area contributed by atoms with E-state index in [-0.39, 0.29) is 18.3 Å². The van der Waals surface area contributed by atoms with Crippen LogP contribution in [0.1, 0.15) is 31.1 Å². The average Bonchev–Trinajstić information content (AvgIpc) is 3.56. The standard InChI is InChI=1S/C22H27N6O12P3S2/c23-21-20-15(4-3-10-24-17(29)8-11-44-45-18-5-1-2-9-25-18)12-28(22(20)27-14-26-21)19-7-6-16(38-19)13-37-42(33,34)40-43(35,36)39-41(30,31)32/h1-2,5,9,12,14,16,19H,6-8,10-11,13H2,(H,24,29)(H,33,34)(H,35,36)(H2,23,26,27)(H2,30,31,32)/t16-,19+/m0/s1. The summed E-state index contributed by atoms with van der Waals surface area (Å²) in [5.74, 6) is 6.44. The van der Waals surface area contributed by atoms with Crippen molar-refractivity contribution in [2.75, 3.05) is 24.6 Å². The van der Waals surface area contributed by atoms with Gasteiger partial charge >= 0.3 is 23.5 Å². The van der Waals surface area contributed by atoms with E-state index >= 15 is 0 Å². The van der Waals surface area contributed by atoms with Crippen LogP contribution in [0.3, 0.4) is 0 Å². The van der Waals surface area contributed by atoms with Gasteiger partial charge in [0.2, 0.25) is 5.91 Å². The molecule has 244 valence electrons. The Kier molecular flexibility index (Phi) is 12.2. The zero-order chi connectivity index (χ0) is 32.7. The number of hydrogen-bond acceptors (Lipinski definition) is 14. The van der Waals surface area contributed by atoms with E-state index < -0.39 is 42.4 Å². The van der Waals surface area contributed by atoms with Crippen LogP contribution < -0.4 is 11.1 Å². The number of hydrogen-bond donors (Lipinski definition) is 6. The molecule has 0 radical (unpaired) electrons. The molecule has 0 aromatic carbocycles. The number of nitrogens with zero attached hydrogens (tertiary/aromatic N) is 4. The monoisotopic (exact) mass is 724 g/mol. The first-order chi connectivity index (χ1) is 21.2. The van der Waals surface area contributed by atoms with Crippen molar-refractivity contribution in [2.45, 2.75) is 36.6 Å². The number of carbonyl (C=O) groups excluding carboxylic acids is 1. The molecule has 45 heavy (non-hydrogen) atoms. The Labute approximate surface area is 263 Å². The van der Waals surface area contributed by atoms with Crippen LogP contribution in [0.4, 0.5) is 5.82 Å². The lowest BCUT2D eigenvalue weighted by atomic mass is 10.2. The Morgan fingerprint density at radius 1 is 1.13 bits per heavy atom. The molecule has 1 saturated heterocycles. The molecule has 7 N–H and O–H groups in total. The number of pyridine rings is 1. The predicted octanol–water partition coefficient (Wildman–Crippen LogP) is 2.73. The molecular weight excluding hydrogens is 697 g/mol. The summed E-state index contributed by atoms with van der Waals surface area (Å²) in [5, 5.41) is 4.06. The normalized spacial score (nSPS) is 19.4. The molecule has 3 aromatic rings. The molecule has 1 amide bonds. The number of ether oxygens (including phenoxy) is 1. The van der Waals surface area contributed by atoms with Crippen molar-refractivity contribution in [1.29, 1.82) is 0 Å². The maximum atomic E-state index is 12.2. The second-order valence-electron chi connectivity index (χ2n) is 8.99. The highest BCUT2D eigenvalue weighted by Crippen LogP contribution is 2.66. The van der Waals surface area contributed by atoms with Crippen molar-refractivity contribution in [3.8, 4) is 11.8 Å². The Morgan fingerprint density at radius 3 is 2.67 bits per heavy atom. The predicted molar refractivity (Wildman–Crippen MR) is 162 cm³/mol. The van der Waals surface area contributed by atoms with Crippen molar-refractivity contribution in [3.63, 3.8) is 0 Å². The zero-order valence-electron chi connectivity index (χ0n) is 22.9. The number of aromatic nitrogens is 4. The second kappa shape index (κ2) is 15.5. The summed E-state index contributed by atoms with van der Waals surface area (Å²) in [6.07, 6.45) is 4.17. The minimum absolute atomic E-state index is 0.0831. The van der Waals surface area contributed by atoms with E-state index in [4.69, 9.17) is 20.3 Å². The Hall–Kier alpha value is -2.33. The highest BCUT2D eigenvalue weighted by Gasteiger charge is 2.41. The van der Waals surface area contributed by atoms with Gasteiger partial charge in [-0.25, -0.2) is 28.6 Å². The molecule has 4 atom stereocenters. The van der Waals surface area contributed by atoms with Crippen LogP contribution in [0.2, 0.25) is 0 Å². The van der Waals surface area contributed by atoms with Crippen LogP contribution in [0.25, 0.3) is 11.0 Å². The third kappa shape index (κ3) is 11.2. The SMILES string of the molecule is Nc1ncnc2c1c(C#CCNC(=O)CCSSc1ccccn1)cn2[C@H]1CC[C@@H](COP(=O)(O)OP(=O)(O)OP(=O)(O)O)O1. The summed E-state index contributed by atoms with van der Waals surface area (Å²) < 4.78 is 54.0. The summed E-state index contributed by atoms with van der Waals surface area (Å²) in [6, 6.07) is 5.61. The Bertz CT molecular complexity index is 1720. The first-order valence-electron chi connectivity index (χ1n) is 12.7. The number of rotatable bonds is 14. The minimum Gasteiger partial charge on any atom is -0.383 e. The van der Waals surface area contributed by atoms with Gasteiger partial charge in [-0.1, -0.05) is 28.7 Å². The smallest absolute Gasteiger partial charge is 0.383 e. The van der Waals surface area contributed by atoms with Gasteiger partial charge in [-0.15, -0.1) is 0 Å². The number of carbonyl (C=O) groups is 1. The number of amides is 1. The highest BCUT2D eigenvalue weighted by molar-refractivity contribution is 8.76. The third-order valence-corrected chi connectivity index (χ3v) is 11.7. The van der Waals surface area contributed by atoms with Crippen LogP contribution in [-0.4, -0.2) is 70.0 Å². The second-order valence-corrected chi connectivity index (χ2v) is 15.8. The fourth-order valence-electron chi connectivity index (χ4n) is 3.92. The minimum atomic E-state index is -5.63. The molecule has 4 rings (SSSR count). The maximum Gasteiger partial charge on any atom is 0.490 e. The number of nitrogens with two attached hydrogens (primary N) is 1. The number of phosphoric acid groups is 3. The lowest BCUT2D eigenvalue weighted by Gasteiger charge is -2.19. The van der Waals surface area contributed by atoms with Crippen LogP contribution in [-0.2, 0) is 36.4 Å². The molecule has 2 unspecified atom stereocenters. The number of anilines is 1. The van der Waals surface area contributed by atoms with Gasteiger partial charge in [0.1, 0.15) is 29.0 Å². The van der Waals surface area contributed by atoms with Crippen molar-refractivity contribution in [1.82, 2.24) is 24.8 Å². The topological polar surface area (TPSA) is 268 Å². The molecular formula is C22H27N6O12P3S2. The van der Waals surface area contributed by atoms with Gasteiger partial charge in [0.05, 0.1) is 30.2 Å². The van der Waals surface area contributed by atoms with Gasteiger partial charge in [0, 0.05) is 24.6 Å². The van der Waals surface area contributed by atoms with E-state index in [9.17, 15) is 28.3 Å². The average molecular weight is 725 g/mol. The van der Waals surface area contributed by atoms with E-state index in [1.54, 1.807) is 17.0 Å². The summed E-state index contributed by atoms with van der Waals surface area (Å²) in [6.45, 7) is -0.497. The van der Waals surface area contributed by atoms with E-state index in [1.807, 2.05) is 18.2 Å². The van der Waals surface area contributed by atoms with Gasteiger partial charge in [0.25, 0.3) is 0 Å². The van der Waals surface area contributed by atoms with E-state index in [0.29, 0.717) is 41.6 Å². The lowest BCUT2D eigenvalue weighted by Crippen LogP contribution is -2.23. The van der Waals surface area contributed by atoms with Crippen molar-refractivity contribution in [2.24, 2.45) is 0 Å². The van der Waals surface area contributed by atoms with Crippen LogP contribution in [0.5, 0.6) is 0 Å². The van der Waals surface area contributed by atoms with Gasteiger partial charge in [-0.3, -0.25) is 9.32 Å². The number of fused-ring (bicyclic) bond motifs is 1. The van der Waals surface area contributed by atoms with Crippen LogP contribution >= 0.6 is 45.1 Å². The van der Waals surface area contributed by atoms with Crippen LogP contribution in [0, 0.1) is 11.8 Å². The van der Waals surface area contributed by atoms with Crippen molar-refractivity contribution >= 4 is 67.8 Å². The van der Waals surface area contributed by atoms with E-state index in [0.717, 1.165) is 5.03 Å². The van der Waals surface area contributed by atoms with Gasteiger partial charge in [-0.2, -0.15) is 8.62 Å². The number of nitrogens with one attached hydrogen (secondary N) is 1. The van der Waals surface area contributed by atoms with Crippen molar-refractivity contribution in [3.05, 3.63) is 42.5 Å². The zero-order valence-corrected chi connectivity index (χ0v) is 27.3. The molecule has 0 bridgehead atoms. The molecule has 4 heterocycles. The van der Waals surface area contributed by atoms with Gasteiger partial charge < -0.3 is 39.9 Å². The highest BCUT2D eigenvalue weighted by atomic mass is 33.1. The maximum absolute atomic E-state index is 12.2. The molecule has 0 aliphatic carbocycles. The first kappa shape index (κ1) is 35.5. The third-order valence-electron chi connectivity index (χ3n) is 5.67. The van der Waals surface area contributed by atoms with E-state index in [1.165, 1.54) is 27.9 Å². The molecule has 1 aliphatic rings. The fraction of sp³-hybridized carbons (Fsp3) is 0.364. The van der Waals surface area contributed by atoms with Gasteiger partial charge in [0.15, 0.2) is 0 Å². The fourth-order valence-corrected chi connectivity index (χ4v) is 8.84. The molecule has 1 aliphatic heterocycles. The summed E-state index contributed by atoms with van der Waals surface area (Å²) >= 11 is 0. The Morgan fingerprint density at radius 2 is 1.93 bits per heavy atom. The molecule has 0 saturated carbocycles.